The van der Waals surface area contributed by atoms with Crippen LogP contribution in [0.5, 0.6) is 0 Å². The first-order chi connectivity index (χ1) is 11.5. The lowest BCUT2D eigenvalue weighted by atomic mass is 10.2. The smallest absolute Gasteiger partial charge is 0.287 e. The molecule has 1 aromatic carbocycles. The van der Waals surface area contributed by atoms with Gasteiger partial charge in [-0.05, 0) is 11.5 Å². The van der Waals surface area contributed by atoms with Crippen LogP contribution in [0, 0.1) is 5.92 Å². The Kier molecular flexibility index (Phi) is 6.37. The zero-order valence-corrected chi connectivity index (χ0v) is 14.5. The molecule has 7 heteroatoms. The van der Waals surface area contributed by atoms with Gasteiger partial charge in [-0.3, -0.25) is 9.59 Å². The lowest BCUT2D eigenvalue weighted by Crippen LogP contribution is -2.31. The van der Waals surface area contributed by atoms with Crippen molar-refractivity contribution in [3.8, 4) is 0 Å². The summed E-state index contributed by atoms with van der Waals surface area (Å²) >= 11 is 6.07. The fourth-order valence-electron chi connectivity index (χ4n) is 2.10. The van der Waals surface area contributed by atoms with Gasteiger partial charge in [0.25, 0.3) is 5.56 Å². The molecule has 2 N–H and O–H groups in total. The van der Waals surface area contributed by atoms with E-state index < -0.39 is 0 Å². The second-order valence-corrected chi connectivity index (χ2v) is 6.25. The summed E-state index contributed by atoms with van der Waals surface area (Å²) in [5, 5.41) is 9.76. The van der Waals surface area contributed by atoms with E-state index in [0.29, 0.717) is 18.8 Å². The molecule has 1 amide bonds. The van der Waals surface area contributed by atoms with Gasteiger partial charge in [0.15, 0.2) is 0 Å². The Morgan fingerprint density at radius 2 is 2.00 bits per heavy atom. The maximum absolute atomic E-state index is 12.1. The number of carbonyl (C=O) groups is 1. The molecule has 24 heavy (non-hydrogen) atoms. The van der Waals surface area contributed by atoms with Crippen LogP contribution in [0.2, 0.25) is 5.02 Å². The van der Waals surface area contributed by atoms with E-state index in [2.05, 4.69) is 15.7 Å². The molecule has 0 aliphatic heterocycles. The third kappa shape index (κ3) is 5.09. The van der Waals surface area contributed by atoms with Crippen LogP contribution >= 0.6 is 11.6 Å². The van der Waals surface area contributed by atoms with Crippen molar-refractivity contribution in [2.75, 3.05) is 11.9 Å². The Hall–Kier alpha value is -2.34. The van der Waals surface area contributed by atoms with E-state index in [1.165, 1.54) is 10.9 Å². The summed E-state index contributed by atoms with van der Waals surface area (Å²) in [4.78, 5) is 24.0. The lowest BCUT2D eigenvalue weighted by Gasteiger charge is -2.11. The van der Waals surface area contributed by atoms with Crippen molar-refractivity contribution < 1.29 is 4.79 Å². The van der Waals surface area contributed by atoms with Crippen LogP contribution < -0.4 is 16.2 Å². The van der Waals surface area contributed by atoms with E-state index in [1.807, 2.05) is 44.2 Å². The molecule has 0 radical (unpaired) electrons. The molecular formula is C17H21ClN4O2. The summed E-state index contributed by atoms with van der Waals surface area (Å²) in [6.07, 6.45) is 1.47. The summed E-state index contributed by atoms with van der Waals surface area (Å²) in [5.74, 6) is 0.0927. The highest BCUT2D eigenvalue weighted by atomic mass is 35.5. The predicted octanol–water partition coefficient (Wildman–Crippen LogP) is 2.28. The minimum atomic E-state index is -0.361. The van der Waals surface area contributed by atoms with Gasteiger partial charge in [0.05, 0.1) is 18.4 Å². The fraction of sp³-hybridized carbons (Fsp3) is 0.353. The van der Waals surface area contributed by atoms with Crippen LogP contribution in [0.3, 0.4) is 0 Å². The summed E-state index contributed by atoms with van der Waals surface area (Å²) in [7, 11) is 0. The Morgan fingerprint density at radius 1 is 1.29 bits per heavy atom. The van der Waals surface area contributed by atoms with Crippen LogP contribution in [0.25, 0.3) is 0 Å². The number of nitrogens with one attached hydrogen (secondary N) is 2. The van der Waals surface area contributed by atoms with Crippen molar-refractivity contribution in [2.24, 2.45) is 5.92 Å². The average molecular weight is 349 g/mol. The van der Waals surface area contributed by atoms with Crippen molar-refractivity contribution in [2.45, 2.75) is 26.9 Å². The Balaban J connectivity index is 1.90. The Morgan fingerprint density at radius 3 is 2.67 bits per heavy atom. The quantitative estimate of drug-likeness (QED) is 0.805. The number of nitrogens with zero attached hydrogens (tertiary/aromatic N) is 2. The molecule has 0 spiro atoms. The first-order valence-corrected chi connectivity index (χ1v) is 8.15. The predicted molar refractivity (Wildman–Crippen MR) is 95.1 cm³/mol. The largest absolute Gasteiger partial charge is 0.373 e. The molecule has 2 aromatic rings. The van der Waals surface area contributed by atoms with Gasteiger partial charge in [-0.2, -0.15) is 5.10 Å². The molecule has 6 nitrogen and oxygen atoms in total. The molecule has 0 aliphatic rings. The van der Waals surface area contributed by atoms with Crippen molar-refractivity contribution >= 4 is 23.2 Å². The molecule has 0 atom stereocenters. The van der Waals surface area contributed by atoms with E-state index in [1.54, 1.807) is 0 Å². The average Bonchev–Trinajstić information content (AvgIpc) is 2.57. The maximum Gasteiger partial charge on any atom is 0.287 e. The van der Waals surface area contributed by atoms with Crippen LogP contribution in [0.1, 0.15) is 19.4 Å². The summed E-state index contributed by atoms with van der Waals surface area (Å²) < 4.78 is 1.33. The maximum atomic E-state index is 12.1. The SMILES string of the molecule is CC(C)Cn1ncc(NCC(=O)NCc2ccccc2)c(Cl)c1=O. The minimum Gasteiger partial charge on any atom is -0.373 e. The van der Waals surface area contributed by atoms with E-state index in [-0.39, 0.29) is 29.0 Å². The van der Waals surface area contributed by atoms with E-state index in [4.69, 9.17) is 11.6 Å². The number of amides is 1. The van der Waals surface area contributed by atoms with Gasteiger partial charge in [0.1, 0.15) is 5.02 Å². The van der Waals surface area contributed by atoms with E-state index in [0.717, 1.165) is 5.56 Å². The second kappa shape index (κ2) is 8.49. The second-order valence-electron chi connectivity index (χ2n) is 5.87. The van der Waals surface area contributed by atoms with Crippen LogP contribution in [0.15, 0.2) is 41.3 Å². The molecule has 1 heterocycles. The molecule has 1 aromatic heterocycles. The highest BCUT2D eigenvalue weighted by Gasteiger charge is 2.11. The van der Waals surface area contributed by atoms with Crippen LogP contribution in [0.4, 0.5) is 5.69 Å². The van der Waals surface area contributed by atoms with Gasteiger partial charge in [0.2, 0.25) is 5.91 Å². The Bertz CT molecular complexity index is 744. The highest BCUT2D eigenvalue weighted by molar-refractivity contribution is 6.33. The molecular weight excluding hydrogens is 328 g/mol. The number of carbonyl (C=O) groups excluding carboxylic acids is 1. The van der Waals surface area contributed by atoms with Crippen molar-refractivity contribution in [1.29, 1.82) is 0 Å². The normalized spacial score (nSPS) is 10.7. The minimum absolute atomic E-state index is 0.0157. The van der Waals surface area contributed by atoms with E-state index in [9.17, 15) is 9.59 Å². The summed E-state index contributed by atoms with van der Waals surface area (Å²) in [6.45, 7) is 4.94. The third-order valence-corrected chi connectivity index (χ3v) is 3.66. The van der Waals surface area contributed by atoms with Crippen LogP contribution in [-0.4, -0.2) is 22.2 Å². The number of benzene rings is 1. The molecule has 128 valence electrons. The molecule has 0 fully saturated rings. The number of rotatable bonds is 7. The topological polar surface area (TPSA) is 76.0 Å². The van der Waals surface area contributed by atoms with Gasteiger partial charge < -0.3 is 10.6 Å². The highest BCUT2D eigenvalue weighted by Crippen LogP contribution is 2.15. The zero-order chi connectivity index (χ0) is 17.5. The van der Waals surface area contributed by atoms with Gasteiger partial charge in [-0.15, -0.1) is 0 Å². The summed E-state index contributed by atoms with van der Waals surface area (Å²) in [6, 6.07) is 9.61. The van der Waals surface area contributed by atoms with Crippen LogP contribution in [-0.2, 0) is 17.9 Å². The molecule has 0 unspecified atom stereocenters. The monoisotopic (exact) mass is 348 g/mol. The molecule has 2 rings (SSSR count). The molecule has 0 bridgehead atoms. The zero-order valence-electron chi connectivity index (χ0n) is 13.8. The van der Waals surface area contributed by atoms with E-state index >= 15 is 0 Å². The number of hydrogen-bond donors (Lipinski definition) is 2. The number of hydrogen-bond acceptors (Lipinski definition) is 4. The van der Waals surface area contributed by atoms with Gasteiger partial charge >= 0.3 is 0 Å². The fourth-order valence-corrected chi connectivity index (χ4v) is 2.31. The lowest BCUT2D eigenvalue weighted by molar-refractivity contribution is -0.119. The Labute approximate surface area is 145 Å². The first-order valence-electron chi connectivity index (χ1n) is 7.77. The molecule has 0 aliphatic carbocycles. The summed E-state index contributed by atoms with van der Waals surface area (Å²) in [5.41, 5.74) is 1.01. The van der Waals surface area contributed by atoms with Gasteiger partial charge in [0, 0.05) is 13.1 Å². The van der Waals surface area contributed by atoms with Gasteiger partial charge in [-0.1, -0.05) is 55.8 Å². The standard InChI is InChI=1S/C17H21ClN4O2/c1-12(2)11-22-17(24)16(18)14(9-21-22)19-10-15(23)20-8-13-6-4-3-5-7-13/h3-7,9,12,19H,8,10-11H2,1-2H3,(H,20,23). The van der Waals surface area contributed by atoms with Gasteiger partial charge in [-0.25, -0.2) is 4.68 Å². The number of anilines is 1. The molecule has 0 saturated carbocycles. The number of aromatic nitrogens is 2. The number of halogens is 1. The van der Waals surface area contributed by atoms with Crippen molar-refractivity contribution in [3.63, 3.8) is 0 Å². The third-order valence-electron chi connectivity index (χ3n) is 3.29. The molecule has 0 saturated heterocycles. The van der Waals surface area contributed by atoms with Crippen molar-refractivity contribution in [3.05, 3.63) is 57.5 Å². The van der Waals surface area contributed by atoms with Crippen molar-refractivity contribution in [1.82, 2.24) is 15.1 Å². The first kappa shape index (κ1) is 18.0.